The molecule has 15 heavy (non-hydrogen) atoms. The molecule has 1 fully saturated rings. The SMILES string of the molecule is CCOC1CCCN(C(C)CC(N)=S)C1. The molecule has 0 aliphatic carbocycles. The zero-order valence-electron chi connectivity index (χ0n) is 9.74. The maximum Gasteiger partial charge on any atom is 0.0742 e. The van der Waals surface area contributed by atoms with Crippen molar-refractivity contribution >= 4 is 17.2 Å². The minimum absolute atomic E-state index is 0.401. The summed E-state index contributed by atoms with van der Waals surface area (Å²) in [6, 6.07) is 0.450. The lowest BCUT2D eigenvalue weighted by atomic mass is 10.0. The summed E-state index contributed by atoms with van der Waals surface area (Å²) in [4.78, 5) is 3.05. The van der Waals surface area contributed by atoms with Gasteiger partial charge in [-0.05, 0) is 33.2 Å². The van der Waals surface area contributed by atoms with Crippen molar-refractivity contribution in [3.05, 3.63) is 0 Å². The Balaban J connectivity index is 2.37. The highest BCUT2D eigenvalue weighted by Crippen LogP contribution is 2.16. The molecule has 0 radical (unpaired) electrons. The van der Waals surface area contributed by atoms with E-state index in [1.54, 1.807) is 0 Å². The van der Waals surface area contributed by atoms with Crippen LogP contribution in [0.15, 0.2) is 0 Å². The van der Waals surface area contributed by atoms with Crippen molar-refractivity contribution in [1.29, 1.82) is 0 Å². The number of thiocarbonyl (C=S) groups is 1. The smallest absolute Gasteiger partial charge is 0.0742 e. The summed E-state index contributed by atoms with van der Waals surface area (Å²) in [6.45, 7) is 7.22. The van der Waals surface area contributed by atoms with Crippen molar-refractivity contribution in [3.8, 4) is 0 Å². The van der Waals surface area contributed by atoms with Gasteiger partial charge in [0.15, 0.2) is 0 Å². The van der Waals surface area contributed by atoms with Gasteiger partial charge in [-0.2, -0.15) is 0 Å². The molecule has 1 aliphatic heterocycles. The first-order valence-electron chi connectivity index (χ1n) is 5.77. The second kappa shape index (κ2) is 6.40. The van der Waals surface area contributed by atoms with E-state index in [1.807, 2.05) is 0 Å². The van der Waals surface area contributed by atoms with E-state index >= 15 is 0 Å². The largest absolute Gasteiger partial charge is 0.393 e. The van der Waals surface area contributed by atoms with Crippen LogP contribution in [0.2, 0.25) is 0 Å². The Morgan fingerprint density at radius 3 is 3.00 bits per heavy atom. The number of nitrogens with two attached hydrogens (primary N) is 1. The second-order valence-electron chi connectivity index (χ2n) is 4.23. The van der Waals surface area contributed by atoms with Crippen LogP contribution in [0, 0.1) is 0 Å². The number of ether oxygens (including phenoxy) is 1. The molecular weight excluding hydrogens is 208 g/mol. The summed E-state index contributed by atoms with van der Waals surface area (Å²) in [5.74, 6) is 0. The summed E-state index contributed by atoms with van der Waals surface area (Å²) < 4.78 is 5.66. The van der Waals surface area contributed by atoms with E-state index in [0.29, 0.717) is 17.1 Å². The normalized spacial score (nSPS) is 25.1. The van der Waals surface area contributed by atoms with Crippen molar-refractivity contribution < 1.29 is 4.74 Å². The van der Waals surface area contributed by atoms with E-state index in [0.717, 1.165) is 26.1 Å². The number of hydrogen-bond donors (Lipinski definition) is 1. The Kier molecular flexibility index (Phi) is 5.50. The number of nitrogens with zero attached hydrogens (tertiary/aromatic N) is 1. The van der Waals surface area contributed by atoms with Crippen LogP contribution in [0.3, 0.4) is 0 Å². The molecule has 2 atom stereocenters. The first kappa shape index (κ1) is 12.9. The Hall–Kier alpha value is -0.190. The maximum absolute atomic E-state index is 5.66. The highest BCUT2D eigenvalue weighted by molar-refractivity contribution is 7.80. The van der Waals surface area contributed by atoms with Crippen LogP contribution in [-0.2, 0) is 4.74 Å². The van der Waals surface area contributed by atoms with Crippen molar-refractivity contribution in [1.82, 2.24) is 4.90 Å². The van der Waals surface area contributed by atoms with Crippen molar-refractivity contribution in [2.75, 3.05) is 19.7 Å². The summed E-state index contributed by atoms with van der Waals surface area (Å²) in [7, 11) is 0. The van der Waals surface area contributed by atoms with Gasteiger partial charge in [-0.25, -0.2) is 0 Å². The quantitative estimate of drug-likeness (QED) is 0.727. The zero-order valence-corrected chi connectivity index (χ0v) is 10.6. The molecule has 1 rings (SSSR count). The monoisotopic (exact) mass is 230 g/mol. The third-order valence-corrected chi connectivity index (χ3v) is 3.10. The average Bonchev–Trinajstić information content (AvgIpc) is 2.17. The van der Waals surface area contributed by atoms with E-state index in [9.17, 15) is 0 Å². The predicted molar refractivity (Wildman–Crippen MR) is 67.1 cm³/mol. The van der Waals surface area contributed by atoms with Crippen molar-refractivity contribution in [2.45, 2.75) is 45.3 Å². The van der Waals surface area contributed by atoms with Crippen LogP contribution in [0.4, 0.5) is 0 Å². The Bertz CT molecular complexity index is 209. The highest BCUT2D eigenvalue weighted by atomic mass is 32.1. The standard InChI is InChI=1S/C11H22N2OS/c1-3-14-10-5-4-6-13(8-10)9(2)7-11(12)15/h9-10H,3-8H2,1-2H3,(H2,12,15). The molecule has 4 heteroatoms. The van der Waals surface area contributed by atoms with E-state index in [-0.39, 0.29) is 0 Å². The molecule has 0 amide bonds. The first-order valence-corrected chi connectivity index (χ1v) is 6.18. The van der Waals surface area contributed by atoms with Gasteiger partial charge in [0.1, 0.15) is 0 Å². The van der Waals surface area contributed by atoms with Gasteiger partial charge < -0.3 is 10.5 Å². The molecule has 2 N–H and O–H groups in total. The molecule has 1 heterocycles. The summed E-state index contributed by atoms with van der Waals surface area (Å²) in [5, 5.41) is 0. The van der Waals surface area contributed by atoms with E-state index < -0.39 is 0 Å². The molecule has 0 bridgehead atoms. The van der Waals surface area contributed by atoms with Crippen molar-refractivity contribution in [2.24, 2.45) is 5.73 Å². The number of likely N-dealkylation sites (tertiary alicyclic amines) is 1. The van der Waals surface area contributed by atoms with Gasteiger partial charge in [-0.15, -0.1) is 0 Å². The predicted octanol–water partition coefficient (Wildman–Crippen LogP) is 1.55. The van der Waals surface area contributed by atoms with E-state index in [2.05, 4.69) is 18.7 Å². The fraction of sp³-hybridized carbons (Fsp3) is 0.909. The average molecular weight is 230 g/mol. The van der Waals surface area contributed by atoms with Gasteiger partial charge in [-0.1, -0.05) is 12.2 Å². The van der Waals surface area contributed by atoms with Crippen LogP contribution >= 0.6 is 12.2 Å². The van der Waals surface area contributed by atoms with Gasteiger partial charge in [0.05, 0.1) is 11.1 Å². The minimum Gasteiger partial charge on any atom is -0.393 e. The van der Waals surface area contributed by atoms with Gasteiger partial charge in [-0.3, -0.25) is 4.90 Å². The van der Waals surface area contributed by atoms with Gasteiger partial charge in [0, 0.05) is 25.6 Å². The topological polar surface area (TPSA) is 38.5 Å². The van der Waals surface area contributed by atoms with Gasteiger partial charge in [0.2, 0.25) is 0 Å². The molecule has 0 aromatic heterocycles. The lowest BCUT2D eigenvalue weighted by Gasteiger charge is -2.36. The van der Waals surface area contributed by atoms with Crippen molar-refractivity contribution in [3.63, 3.8) is 0 Å². The molecule has 0 aromatic rings. The van der Waals surface area contributed by atoms with Gasteiger partial charge >= 0.3 is 0 Å². The number of piperidine rings is 1. The third-order valence-electron chi connectivity index (χ3n) is 2.93. The molecule has 1 saturated heterocycles. The van der Waals surface area contributed by atoms with Crippen LogP contribution in [0.1, 0.15) is 33.1 Å². The fourth-order valence-corrected chi connectivity index (χ4v) is 2.40. The Morgan fingerprint density at radius 2 is 2.40 bits per heavy atom. The summed E-state index contributed by atoms with van der Waals surface area (Å²) >= 11 is 4.94. The van der Waals surface area contributed by atoms with Gasteiger partial charge in [0.25, 0.3) is 0 Å². The molecule has 88 valence electrons. The molecule has 0 aromatic carbocycles. The van der Waals surface area contributed by atoms with E-state index in [4.69, 9.17) is 22.7 Å². The molecular formula is C11H22N2OS. The Labute approximate surface area is 98.0 Å². The lowest BCUT2D eigenvalue weighted by Crippen LogP contribution is -2.45. The molecule has 0 saturated carbocycles. The molecule has 2 unspecified atom stereocenters. The van der Waals surface area contributed by atoms with Crippen LogP contribution in [-0.4, -0.2) is 41.7 Å². The van der Waals surface area contributed by atoms with Crippen LogP contribution < -0.4 is 5.73 Å². The molecule has 3 nitrogen and oxygen atoms in total. The molecule has 0 spiro atoms. The maximum atomic E-state index is 5.66. The summed E-state index contributed by atoms with van der Waals surface area (Å²) in [5.41, 5.74) is 5.57. The first-order chi connectivity index (χ1) is 7.13. The fourth-order valence-electron chi connectivity index (χ4n) is 2.16. The lowest BCUT2D eigenvalue weighted by molar-refractivity contribution is -0.00412. The Morgan fingerprint density at radius 1 is 1.67 bits per heavy atom. The molecule has 1 aliphatic rings. The highest BCUT2D eigenvalue weighted by Gasteiger charge is 2.23. The summed E-state index contributed by atoms with van der Waals surface area (Å²) in [6.07, 6.45) is 3.61. The minimum atomic E-state index is 0.401. The third kappa shape index (κ3) is 4.45. The van der Waals surface area contributed by atoms with Crippen LogP contribution in [0.5, 0.6) is 0 Å². The number of hydrogen-bond acceptors (Lipinski definition) is 3. The second-order valence-corrected chi connectivity index (χ2v) is 4.76. The van der Waals surface area contributed by atoms with Crippen LogP contribution in [0.25, 0.3) is 0 Å². The number of rotatable bonds is 5. The zero-order chi connectivity index (χ0) is 11.3. The van der Waals surface area contributed by atoms with E-state index in [1.165, 1.54) is 12.8 Å².